The molecule has 1 aromatic carbocycles. The number of nitrogens with one attached hydrogen (secondary N) is 1. The summed E-state index contributed by atoms with van der Waals surface area (Å²) >= 11 is 0. The van der Waals surface area contributed by atoms with Gasteiger partial charge in [-0.15, -0.1) is 0 Å². The molecule has 2 atom stereocenters. The van der Waals surface area contributed by atoms with Gasteiger partial charge in [-0.05, 0) is 43.2 Å². The molecule has 1 amide bonds. The van der Waals surface area contributed by atoms with E-state index in [1.54, 1.807) is 0 Å². The van der Waals surface area contributed by atoms with Crippen molar-refractivity contribution < 1.29 is 9.90 Å². The molecule has 3 nitrogen and oxygen atoms in total. The van der Waals surface area contributed by atoms with Gasteiger partial charge in [0.15, 0.2) is 0 Å². The van der Waals surface area contributed by atoms with Crippen LogP contribution in [0.25, 0.3) is 0 Å². The molecule has 3 heteroatoms. The first kappa shape index (κ1) is 14.1. The maximum Gasteiger partial charge on any atom is 0.251 e. The first-order valence-corrected chi connectivity index (χ1v) is 7.17. The van der Waals surface area contributed by atoms with Crippen LogP contribution in [0.15, 0.2) is 24.3 Å². The molecule has 0 heterocycles. The number of carbonyl (C=O) groups excluding carboxylic acids is 1. The Morgan fingerprint density at radius 2 is 1.95 bits per heavy atom. The minimum Gasteiger partial charge on any atom is -0.396 e. The SMILES string of the molecule is Cc1ccccc1C(=O)NCC1CCCCC1CO. The van der Waals surface area contributed by atoms with Crippen molar-refractivity contribution in [3.63, 3.8) is 0 Å². The van der Waals surface area contributed by atoms with Gasteiger partial charge in [-0.3, -0.25) is 4.79 Å². The van der Waals surface area contributed by atoms with Gasteiger partial charge in [0.2, 0.25) is 0 Å². The van der Waals surface area contributed by atoms with E-state index in [1.165, 1.54) is 12.8 Å². The van der Waals surface area contributed by atoms with E-state index in [0.29, 0.717) is 18.4 Å². The summed E-state index contributed by atoms with van der Waals surface area (Å²) < 4.78 is 0. The van der Waals surface area contributed by atoms with Crippen molar-refractivity contribution in [2.75, 3.05) is 13.2 Å². The number of benzene rings is 1. The molecule has 104 valence electrons. The zero-order valence-electron chi connectivity index (χ0n) is 11.6. The van der Waals surface area contributed by atoms with Crippen LogP contribution in [0.3, 0.4) is 0 Å². The molecule has 19 heavy (non-hydrogen) atoms. The predicted molar refractivity (Wildman–Crippen MR) is 76.0 cm³/mol. The van der Waals surface area contributed by atoms with E-state index in [-0.39, 0.29) is 12.5 Å². The topological polar surface area (TPSA) is 49.3 Å². The van der Waals surface area contributed by atoms with Crippen LogP contribution in [0.1, 0.15) is 41.6 Å². The average molecular weight is 261 g/mol. The summed E-state index contributed by atoms with van der Waals surface area (Å²) in [6.07, 6.45) is 4.61. The van der Waals surface area contributed by atoms with Crippen molar-refractivity contribution >= 4 is 5.91 Å². The van der Waals surface area contributed by atoms with Gasteiger partial charge >= 0.3 is 0 Å². The van der Waals surface area contributed by atoms with Gasteiger partial charge in [0.1, 0.15) is 0 Å². The highest BCUT2D eigenvalue weighted by molar-refractivity contribution is 5.95. The molecule has 2 rings (SSSR count). The fourth-order valence-corrected chi connectivity index (χ4v) is 2.94. The van der Waals surface area contributed by atoms with Crippen molar-refractivity contribution in [1.82, 2.24) is 5.32 Å². The van der Waals surface area contributed by atoms with Crippen LogP contribution >= 0.6 is 0 Å². The lowest BCUT2D eigenvalue weighted by Gasteiger charge is -2.30. The molecule has 0 bridgehead atoms. The zero-order valence-corrected chi connectivity index (χ0v) is 11.6. The maximum atomic E-state index is 12.1. The fourth-order valence-electron chi connectivity index (χ4n) is 2.94. The van der Waals surface area contributed by atoms with Gasteiger partial charge in [0, 0.05) is 18.7 Å². The van der Waals surface area contributed by atoms with Gasteiger partial charge in [0.05, 0.1) is 0 Å². The van der Waals surface area contributed by atoms with Crippen LogP contribution in [-0.4, -0.2) is 24.2 Å². The summed E-state index contributed by atoms with van der Waals surface area (Å²) in [7, 11) is 0. The van der Waals surface area contributed by atoms with Crippen LogP contribution < -0.4 is 5.32 Å². The number of amides is 1. The minimum absolute atomic E-state index is 0.000336. The standard InChI is InChI=1S/C16H23NO2/c1-12-6-2-5-9-15(12)16(19)17-10-13-7-3-4-8-14(13)11-18/h2,5-6,9,13-14,18H,3-4,7-8,10-11H2,1H3,(H,17,19). The van der Waals surface area contributed by atoms with E-state index in [2.05, 4.69) is 5.32 Å². The summed E-state index contributed by atoms with van der Waals surface area (Å²) in [4.78, 5) is 12.1. The number of aliphatic hydroxyl groups is 1. The molecule has 2 unspecified atom stereocenters. The fraction of sp³-hybridized carbons (Fsp3) is 0.562. The number of rotatable bonds is 4. The molecular weight excluding hydrogens is 238 g/mol. The molecule has 1 aliphatic carbocycles. The zero-order chi connectivity index (χ0) is 13.7. The number of aliphatic hydroxyl groups excluding tert-OH is 1. The first-order chi connectivity index (χ1) is 9.22. The molecule has 0 spiro atoms. The van der Waals surface area contributed by atoms with E-state index in [1.807, 2.05) is 31.2 Å². The maximum absolute atomic E-state index is 12.1. The molecule has 2 N–H and O–H groups in total. The lowest BCUT2D eigenvalue weighted by atomic mass is 9.79. The second kappa shape index (κ2) is 6.71. The summed E-state index contributed by atoms with van der Waals surface area (Å²) in [5.74, 6) is 0.776. The van der Waals surface area contributed by atoms with Gasteiger partial charge in [-0.1, -0.05) is 31.0 Å². The van der Waals surface area contributed by atoms with Crippen molar-refractivity contribution in [2.24, 2.45) is 11.8 Å². The molecule has 0 saturated heterocycles. The third-order valence-corrected chi connectivity index (χ3v) is 4.22. The quantitative estimate of drug-likeness (QED) is 0.875. The Hall–Kier alpha value is -1.35. The van der Waals surface area contributed by atoms with Crippen LogP contribution in [0.4, 0.5) is 0 Å². The largest absolute Gasteiger partial charge is 0.396 e. The van der Waals surface area contributed by atoms with Gasteiger partial charge in [-0.25, -0.2) is 0 Å². The molecule has 1 aromatic rings. The van der Waals surface area contributed by atoms with Crippen LogP contribution in [0, 0.1) is 18.8 Å². The van der Waals surface area contributed by atoms with Crippen molar-refractivity contribution in [2.45, 2.75) is 32.6 Å². The molecule has 0 aromatic heterocycles. The molecule has 0 aliphatic heterocycles. The molecule has 1 saturated carbocycles. The van der Waals surface area contributed by atoms with Crippen LogP contribution in [-0.2, 0) is 0 Å². The lowest BCUT2D eigenvalue weighted by Crippen LogP contribution is -2.35. The number of aryl methyl sites for hydroxylation is 1. The van der Waals surface area contributed by atoms with Crippen LogP contribution in [0.2, 0.25) is 0 Å². The predicted octanol–water partition coefficient (Wildman–Crippen LogP) is 2.52. The Balaban J connectivity index is 1.91. The summed E-state index contributed by atoms with van der Waals surface area (Å²) in [5.41, 5.74) is 1.75. The Kier molecular flexibility index (Phi) is 4.97. The second-order valence-electron chi connectivity index (χ2n) is 5.51. The van der Waals surface area contributed by atoms with E-state index in [0.717, 1.165) is 24.0 Å². The third kappa shape index (κ3) is 3.57. The van der Waals surface area contributed by atoms with E-state index in [4.69, 9.17) is 0 Å². The van der Waals surface area contributed by atoms with Gasteiger partial charge in [-0.2, -0.15) is 0 Å². The minimum atomic E-state index is 0.000336. The van der Waals surface area contributed by atoms with Crippen LogP contribution in [0.5, 0.6) is 0 Å². The normalized spacial score (nSPS) is 23.1. The third-order valence-electron chi connectivity index (χ3n) is 4.22. The van der Waals surface area contributed by atoms with Gasteiger partial charge in [0.25, 0.3) is 5.91 Å². The van der Waals surface area contributed by atoms with Crippen molar-refractivity contribution in [1.29, 1.82) is 0 Å². The molecule has 1 fully saturated rings. The van der Waals surface area contributed by atoms with Crippen molar-refractivity contribution in [3.8, 4) is 0 Å². The summed E-state index contributed by atoms with van der Waals surface area (Å²) in [5, 5.41) is 12.4. The highest BCUT2D eigenvalue weighted by Crippen LogP contribution is 2.29. The van der Waals surface area contributed by atoms with Crippen molar-refractivity contribution in [3.05, 3.63) is 35.4 Å². The Labute approximate surface area is 115 Å². The highest BCUT2D eigenvalue weighted by Gasteiger charge is 2.24. The van der Waals surface area contributed by atoms with E-state index in [9.17, 15) is 9.90 Å². The molecule has 1 aliphatic rings. The first-order valence-electron chi connectivity index (χ1n) is 7.17. The summed E-state index contributed by atoms with van der Waals surface area (Å²) in [6, 6.07) is 7.63. The molecule has 0 radical (unpaired) electrons. The molecular formula is C16H23NO2. The average Bonchev–Trinajstić information content (AvgIpc) is 2.45. The lowest BCUT2D eigenvalue weighted by molar-refractivity contribution is 0.0908. The number of hydrogen-bond donors (Lipinski definition) is 2. The Morgan fingerprint density at radius 1 is 1.26 bits per heavy atom. The van der Waals surface area contributed by atoms with E-state index < -0.39 is 0 Å². The Morgan fingerprint density at radius 3 is 2.63 bits per heavy atom. The van der Waals surface area contributed by atoms with Gasteiger partial charge < -0.3 is 10.4 Å². The highest BCUT2D eigenvalue weighted by atomic mass is 16.3. The number of carbonyl (C=O) groups is 1. The second-order valence-corrected chi connectivity index (χ2v) is 5.51. The summed E-state index contributed by atoms with van der Waals surface area (Å²) in [6.45, 7) is 2.87. The Bertz CT molecular complexity index is 431. The monoisotopic (exact) mass is 261 g/mol. The number of hydrogen-bond acceptors (Lipinski definition) is 2. The van der Waals surface area contributed by atoms with E-state index >= 15 is 0 Å². The smallest absolute Gasteiger partial charge is 0.251 e.